The summed E-state index contributed by atoms with van der Waals surface area (Å²) < 4.78 is 0. The van der Waals surface area contributed by atoms with Crippen LogP contribution in [0.25, 0.3) is 0 Å². The molecule has 0 saturated carbocycles. The zero-order valence-corrected chi connectivity index (χ0v) is 36.8. The molecule has 46 heavy (non-hydrogen) atoms. The molecule has 0 amide bonds. The van der Waals surface area contributed by atoms with Gasteiger partial charge in [-0.1, -0.05) is 158 Å². The average Bonchev–Trinajstić information content (AvgIpc) is 2.81. The molecule has 0 aliphatic carbocycles. The summed E-state index contributed by atoms with van der Waals surface area (Å²) >= 11 is 0. The first-order valence-corrected chi connectivity index (χ1v) is 20.3. The Morgan fingerprint density at radius 2 is 0.478 bits per heavy atom. The van der Waals surface area contributed by atoms with Crippen molar-refractivity contribution in [2.75, 3.05) is 0 Å². The highest BCUT2D eigenvalue weighted by atomic mass is 14.4. The molecule has 0 aromatic rings. The maximum atomic E-state index is 2.41. The van der Waals surface area contributed by atoms with Crippen molar-refractivity contribution in [2.24, 2.45) is 55.7 Å². The van der Waals surface area contributed by atoms with Crippen LogP contribution in [0.1, 0.15) is 242 Å². The van der Waals surface area contributed by atoms with Gasteiger partial charge >= 0.3 is 0 Å². The Morgan fingerprint density at radius 3 is 0.674 bits per heavy atom. The van der Waals surface area contributed by atoms with Crippen LogP contribution in [0.15, 0.2) is 0 Å². The van der Waals surface area contributed by atoms with Gasteiger partial charge in [-0.2, -0.15) is 0 Å². The van der Waals surface area contributed by atoms with Gasteiger partial charge in [0.2, 0.25) is 0 Å². The lowest BCUT2D eigenvalue weighted by molar-refractivity contribution is 0.115. The smallest absolute Gasteiger partial charge is 0.0295 e. The van der Waals surface area contributed by atoms with E-state index in [1.807, 2.05) is 0 Å². The molecular weight excluding hydrogens is 553 g/mol. The monoisotopic (exact) mass is 649 g/mol. The molecule has 0 heteroatoms. The second-order valence-electron chi connectivity index (χ2n) is 23.8. The molecule has 0 rings (SSSR count). The van der Waals surface area contributed by atoms with E-state index in [9.17, 15) is 0 Å². The molecule has 0 unspecified atom stereocenters. The van der Waals surface area contributed by atoms with Crippen molar-refractivity contribution in [3.63, 3.8) is 0 Å². The van der Waals surface area contributed by atoms with Crippen molar-refractivity contribution in [1.29, 1.82) is 0 Å². The van der Waals surface area contributed by atoms with Crippen LogP contribution in [0.4, 0.5) is 0 Å². The van der Waals surface area contributed by atoms with Crippen molar-refractivity contribution in [3.05, 3.63) is 0 Å². The third-order valence-corrected chi connectivity index (χ3v) is 10.4. The zero-order chi connectivity index (χ0) is 36.8. The van der Waals surface area contributed by atoms with Crippen LogP contribution < -0.4 is 0 Å². The summed E-state index contributed by atoms with van der Waals surface area (Å²) in [6.07, 6.45) is 20.9. The van der Waals surface area contributed by atoms with Crippen molar-refractivity contribution >= 4 is 0 Å². The van der Waals surface area contributed by atoms with Gasteiger partial charge in [0.1, 0.15) is 0 Å². The molecule has 0 aromatic carbocycles. The van der Waals surface area contributed by atoms with Gasteiger partial charge in [-0.25, -0.2) is 0 Å². The van der Waals surface area contributed by atoms with Crippen molar-refractivity contribution < 1.29 is 0 Å². The molecule has 0 atom stereocenters. The fourth-order valence-corrected chi connectivity index (χ4v) is 6.69. The minimum atomic E-state index is 0.451. The van der Waals surface area contributed by atoms with E-state index in [0.29, 0.717) is 37.9 Å². The minimum Gasteiger partial charge on any atom is -0.0628 e. The zero-order valence-electron chi connectivity index (χ0n) is 36.8. The normalized spacial score (nSPS) is 14.3. The quantitative estimate of drug-likeness (QED) is 0.139. The lowest BCUT2D eigenvalue weighted by atomic mass is 9.65. The van der Waals surface area contributed by atoms with E-state index in [-0.39, 0.29) is 0 Å². The highest BCUT2D eigenvalue weighted by molar-refractivity contribution is 4.86. The maximum Gasteiger partial charge on any atom is -0.0295 e. The molecule has 0 aromatic heterocycles. The van der Waals surface area contributed by atoms with E-state index in [2.05, 4.69) is 145 Å². The molecule has 0 spiro atoms. The maximum absolute atomic E-state index is 2.41. The van der Waals surface area contributed by atoms with Gasteiger partial charge in [0.25, 0.3) is 0 Å². The number of hydrogen-bond acceptors (Lipinski definition) is 0. The molecule has 0 heterocycles. The summed E-state index contributed by atoms with van der Waals surface area (Å²) in [5.41, 5.74) is 3.40. The van der Waals surface area contributed by atoms with Crippen LogP contribution in [-0.2, 0) is 0 Å². The second-order valence-corrected chi connectivity index (χ2v) is 23.8. The van der Waals surface area contributed by atoms with Gasteiger partial charge in [0.05, 0.1) is 0 Å². The fourth-order valence-electron chi connectivity index (χ4n) is 6.69. The molecule has 0 aliphatic rings. The molecule has 0 nitrogen and oxygen atoms in total. The van der Waals surface area contributed by atoms with E-state index in [1.165, 1.54) is 96.3 Å². The van der Waals surface area contributed by atoms with Gasteiger partial charge in [-0.15, -0.1) is 0 Å². The van der Waals surface area contributed by atoms with Crippen LogP contribution in [-0.4, -0.2) is 0 Å². The predicted octanol–water partition coefficient (Wildman–Crippen LogP) is 17.0. The van der Waals surface area contributed by atoms with E-state index in [0.717, 1.165) is 17.8 Å². The summed E-state index contributed by atoms with van der Waals surface area (Å²) in [7, 11) is 0. The summed E-state index contributed by atoms with van der Waals surface area (Å²) in [6.45, 7) is 50.5. The Morgan fingerprint density at radius 1 is 0.261 bits per heavy atom. The first kappa shape index (κ1) is 48.1. The first-order valence-electron chi connectivity index (χ1n) is 20.3. The van der Waals surface area contributed by atoms with Crippen LogP contribution in [0.2, 0.25) is 0 Å². The standard InChI is InChI=1S/C24H50.C22H46/c1-20(2)12-13-24(17-14-21(3,4)5,18-15-22(6,7)8)19-16-23(9,10)11;1-18(2)11-12-22(17-19(3)4,15-13-20(5,6)7)16-14-21(8,9)10/h20H,12-19H2,1-11H3;18-19H,11-17H2,1-10H3. The van der Waals surface area contributed by atoms with E-state index in [1.54, 1.807) is 0 Å². The summed E-state index contributed by atoms with van der Waals surface area (Å²) in [4.78, 5) is 0. The Kier molecular flexibility index (Phi) is 20.9. The Hall–Kier alpha value is 0. The van der Waals surface area contributed by atoms with E-state index >= 15 is 0 Å². The highest BCUT2D eigenvalue weighted by Crippen LogP contribution is 2.48. The molecule has 280 valence electrons. The molecule has 0 fully saturated rings. The minimum absolute atomic E-state index is 0.451. The molecule has 0 aliphatic heterocycles. The molecule has 0 saturated heterocycles. The van der Waals surface area contributed by atoms with Gasteiger partial charge in [0, 0.05) is 0 Å². The Labute approximate surface area is 296 Å². The lowest BCUT2D eigenvalue weighted by Crippen LogP contribution is -2.27. The lowest BCUT2D eigenvalue weighted by Gasteiger charge is -2.40. The van der Waals surface area contributed by atoms with Crippen molar-refractivity contribution in [3.8, 4) is 0 Å². The van der Waals surface area contributed by atoms with Gasteiger partial charge in [-0.05, 0) is 139 Å². The molecular formula is C46H96. The third-order valence-electron chi connectivity index (χ3n) is 10.4. The molecule has 0 radical (unpaired) electrons. The topological polar surface area (TPSA) is 0 Å². The summed E-state index contributed by atoms with van der Waals surface area (Å²) in [6, 6.07) is 0. The first-order chi connectivity index (χ1) is 20.3. The predicted molar refractivity (Wildman–Crippen MR) is 216 cm³/mol. The van der Waals surface area contributed by atoms with Crippen LogP contribution in [0.3, 0.4) is 0 Å². The van der Waals surface area contributed by atoms with Gasteiger partial charge in [0.15, 0.2) is 0 Å². The van der Waals surface area contributed by atoms with Crippen LogP contribution in [0, 0.1) is 55.7 Å². The summed E-state index contributed by atoms with van der Waals surface area (Å²) in [5, 5.41) is 0. The SMILES string of the molecule is CC(C)CCC(CCC(C)(C)C)(CCC(C)(C)C)CC(C)C.CC(C)CCC(CCC(C)(C)C)(CCC(C)(C)C)CCC(C)(C)C. The van der Waals surface area contributed by atoms with Crippen LogP contribution >= 0.6 is 0 Å². The molecule has 0 N–H and O–H groups in total. The average molecular weight is 649 g/mol. The van der Waals surface area contributed by atoms with E-state index in [4.69, 9.17) is 0 Å². The second kappa shape index (κ2) is 20.0. The van der Waals surface area contributed by atoms with Crippen molar-refractivity contribution in [1.82, 2.24) is 0 Å². The third kappa shape index (κ3) is 30.1. The highest BCUT2D eigenvalue weighted by Gasteiger charge is 2.35. The Balaban J connectivity index is 0. The van der Waals surface area contributed by atoms with E-state index < -0.39 is 0 Å². The number of hydrogen-bond donors (Lipinski definition) is 0. The Bertz CT molecular complexity index is 677. The largest absolute Gasteiger partial charge is 0.0628 e. The van der Waals surface area contributed by atoms with Gasteiger partial charge < -0.3 is 0 Å². The summed E-state index contributed by atoms with van der Waals surface area (Å²) in [5.74, 6) is 2.46. The molecule has 0 bridgehead atoms. The van der Waals surface area contributed by atoms with Crippen molar-refractivity contribution in [2.45, 2.75) is 242 Å². The van der Waals surface area contributed by atoms with Gasteiger partial charge in [-0.3, -0.25) is 0 Å². The fraction of sp³-hybridized carbons (Fsp3) is 1.00. The number of rotatable bonds is 18. The van der Waals surface area contributed by atoms with Crippen LogP contribution in [0.5, 0.6) is 0 Å².